The number of nitrogens with zero attached hydrogens (tertiary/aromatic N) is 5. The highest BCUT2D eigenvalue weighted by molar-refractivity contribution is 7.92. The molecular weight excluding hydrogens is 1110 g/mol. The molecule has 382 valence electrons. The molecule has 39 heteroatoms. The summed E-state index contributed by atoms with van der Waals surface area (Å²) in [6.07, 6.45) is 0. The van der Waals surface area contributed by atoms with E-state index in [2.05, 4.69) is 44.2 Å². The predicted octanol–water partition coefficient (Wildman–Crippen LogP) is 2.24. The van der Waals surface area contributed by atoms with Gasteiger partial charge in [-0.1, -0.05) is 0 Å². The van der Waals surface area contributed by atoms with Crippen molar-refractivity contribution < 1.29 is 105 Å². The van der Waals surface area contributed by atoms with Crippen molar-refractivity contribution in [2.75, 3.05) is 42.5 Å². The number of nitrogens with one attached hydrogen (secondary N) is 2. The van der Waals surface area contributed by atoms with Crippen LogP contribution in [0.25, 0.3) is 10.8 Å². The highest BCUT2D eigenvalue weighted by Crippen LogP contribution is 2.46. The number of methoxy groups -OCH3 is 1. The van der Waals surface area contributed by atoms with Gasteiger partial charge in [-0.2, -0.15) is 57.0 Å². The van der Waals surface area contributed by atoms with Gasteiger partial charge in [0.25, 0.3) is 30.4 Å². The van der Waals surface area contributed by atoms with E-state index in [0.29, 0.717) is 24.3 Å². The number of ether oxygens (including phenoxy) is 1. The van der Waals surface area contributed by atoms with Crippen LogP contribution < -0.4 is 15.4 Å². The van der Waals surface area contributed by atoms with Crippen LogP contribution >= 0.6 is 11.6 Å². The van der Waals surface area contributed by atoms with Crippen LogP contribution in [0.1, 0.15) is 5.56 Å². The molecule has 0 radical (unpaired) electrons. The van der Waals surface area contributed by atoms with Gasteiger partial charge in [0.2, 0.25) is 17.2 Å². The minimum Gasteiger partial charge on any atom is -0.505 e. The number of aryl methyl sites for hydroxylation is 1. The van der Waals surface area contributed by atoms with Crippen molar-refractivity contribution >= 4 is 128 Å². The van der Waals surface area contributed by atoms with Crippen molar-refractivity contribution in [1.82, 2.24) is 15.0 Å². The maximum Gasteiger partial charge on any atom is 0.397 e. The Hall–Kier alpha value is -5.59. The second-order valence-corrected chi connectivity index (χ2v) is 24.4. The number of aromatic hydroxyl groups is 2. The molecule has 9 N–H and O–H groups in total. The quantitative estimate of drug-likeness (QED) is 0.0306. The average molecular weight is 1140 g/mol. The van der Waals surface area contributed by atoms with Crippen molar-refractivity contribution in [1.29, 1.82) is 0 Å². The lowest BCUT2D eigenvalue weighted by atomic mass is 10.1. The van der Waals surface area contributed by atoms with E-state index in [0.717, 1.165) is 19.2 Å². The Labute approximate surface area is 400 Å². The van der Waals surface area contributed by atoms with Crippen LogP contribution in [0.5, 0.6) is 17.2 Å². The lowest BCUT2D eigenvalue weighted by Crippen LogP contribution is -2.16. The van der Waals surface area contributed by atoms with Crippen LogP contribution in [-0.4, -0.2) is 139 Å². The van der Waals surface area contributed by atoms with Crippen molar-refractivity contribution in [2.45, 2.75) is 31.4 Å². The Bertz CT molecular complexity index is 3820. The van der Waals surface area contributed by atoms with Crippen LogP contribution in [-0.2, 0) is 79.2 Å². The van der Waals surface area contributed by atoms with Gasteiger partial charge in [0.1, 0.15) is 26.9 Å². The fourth-order valence-corrected chi connectivity index (χ4v) is 11.2. The molecule has 0 aliphatic rings. The first-order chi connectivity index (χ1) is 31.9. The molecule has 4 aromatic carbocycles. The zero-order chi connectivity index (χ0) is 52.7. The van der Waals surface area contributed by atoms with Gasteiger partial charge in [-0.05, 0) is 65.9 Å². The SMILES string of the molecule is COc1cc(S(=O)(=O)CCOS(=O)(=O)O)c(C)cc1N=Nc1c(S(=O)(=O)O)cc2cc(S(=O)(=O)O)cc(Nc3nc(Cl)nc(Nc4cc(S(=O)(=O)CCOS(=O)(=O)O)cc(S(=O)(=O)O)c4O)n3)c2c1O. The standard InChI is InChI=1S/C31H30ClN7O24S7/c1-14-7-18(21(61-2)13-22(14)65(44,45)6-4-63-70(58,59)60)38-39-26-23(67(49,50)51)9-15-8-17(66(46,47)48)11-19(25(15)28(26)41)33-30-35-29(32)36-31(37-30)34-20-10-16(12-24(27(20)40)68(52,53)54)64(42,43)5-3-62-69(55,56)57/h7-13,40-41H,3-6H2,1-2H3,(H,46,47,48)(H,49,50,51)(H,52,53,54)(H,55,56,57)(H,58,59,60)(H2,33,34,35,36,37). The molecule has 0 saturated carbocycles. The van der Waals surface area contributed by atoms with E-state index >= 15 is 0 Å². The van der Waals surface area contributed by atoms with Gasteiger partial charge >= 0.3 is 20.8 Å². The summed E-state index contributed by atoms with van der Waals surface area (Å²) in [7, 11) is -34.4. The molecule has 5 aromatic rings. The Kier molecular flexibility index (Phi) is 15.7. The van der Waals surface area contributed by atoms with Crippen molar-refractivity contribution in [3.8, 4) is 17.2 Å². The number of phenols is 2. The number of anilines is 4. The highest BCUT2D eigenvalue weighted by Gasteiger charge is 2.29. The molecule has 0 spiro atoms. The number of fused-ring (bicyclic) bond motifs is 1. The first kappa shape index (κ1) is 55.3. The third kappa shape index (κ3) is 13.6. The lowest BCUT2D eigenvalue weighted by molar-refractivity contribution is 0.282. The summed E-state index contributed by atoms with van der Waals surface area (Å²) in [5, 5.41) is 32.6. The largest absolute Gasteiger partial charge is 0.505 e. The zero-order valence-electron chi connectivity index (χ0n) is 34.4. The molecule has 0 bridgehead atoms. The molecule has 1 aromatic heterocycles. The van der Waals surface area contributed by atoms with E-state index in [4.69, 9.17) is 25.4 Å². The van der Waals surface area contributed by atoms with E-state index in [1.54, 1.807) is 0 Å². The molecule has 0 atom stereocenters. The summed E-state index contributed by atoms with van der Waals surface area (Å²) in [5.74, 6) is -6.77. The van der Waals surface area contributed by atoms with Gasteiger partial charge in [0.15, 0.2) is 31.2 Å². The summed E-state index contributed by atoms with van der Waals surface area (Å²) in [4.78, 5) is 6.18. The Morgan fingerprint density at radius 2 is 1.11 bits per heavy atom. The molecule has 0 unspecified atom stereocenters. The number of phenolic OH excluding ortho intramolecular Hbond substituents is 2. The van der Waals surface area contributed by atoms with Crippen LogP contribution in [0.2, 0.25) is 5.28 Å². The number of halogens is 1. The molecular formula is C31H30ClN7O24S7. The molecule has 5 rings (SSSR count). The first-order valence-corrected chi connectivity index (χ1v) is 28.5. The fraction of sp³-hybridized carbons (Fsp3) is 0.194. The average Bonchev–Trinajstić information content (AvgIpc) is 3.18. The second kappa shape index (κ2) is 19.9. The van der Waals surface area contributed by atoms with Gasteiger partial charge in [0.05, 0.1) is 57.9 Å². The van der Waals surface area contributed by atoms with E-state index in [9.17, 15) is 82.8 Å². The smallest absolute Gasteiger partial charge is 0.397 e. The van der Waals surface area contributed by atoms with Crippen molar-refractivity contribution in [3.63, 3.8) is 0 Å². The normalized spacial score (nSPS) is 13.2. The van der Waals surface area contributed by atoms with Gasteiger partial charge in [0, 0.05) is 11.5 Å². The number of hydrogen-bond acceptors (Lipinski definition) is 26. The molecule has 1 heterocycles. The topological polar surface area (TPSA) is 496 Å². The van der Waals surface area contributed by atoms with E-state index < -0.39 is 177 Å². The minimum absolute atomic E-state index is 0.0934. The molecule has 0 saturated heterocycles. The van der Waals surface area contributed by atoms with Crippen LogP contribution in [0.4, 0.5) is 34.6 Å². The molecule has 0 aliphatic carbocycles. The summed E-state index contributed by atoms with van der Waals surface area (Å²) in [5.41, 5.74) is -3.11. The summed E-state index contributed by atoms with van der Waals surface area (Å²) < 4.78 is 231. The number of hydrogen-bond donors (Lipinski definition) is 9. The third-order valence-corrected chi connectivity index (χ3v) is 15.9. The lowest BCUT2D eigenvalue weighted by Gasteiger charge is -2.16. The second-order valence-electron chi connectivity index (χ2n) is 13.5. The minimum atomic E-state index is -5.46. The van der Waals surface area contributed by atoms with Crippen LogP contribution in [0.15, 0.2) is 77.2 Å². The maximum atomic E-state index is 13.0. The van der Waals surface area contributed by atoms with Gasteiger partial charge in [-0.25, -0.2) is 25.2 Å². The number of azo groups is 1. The highest BCUT2D eigenvalue weighted by atomic mass is 35.5. The number of sulfone groups is 2. The Balaban J connectivity index is 1.65. The summed E-state index contributed by atoms with van der Waals surface area (Å²) >= 11 is 6.07. The summed E-state index contributed by atoms with van der Waals surface area (Å²) in [6.45, 7) is -0.958. The third-order valence-electron chi connectivity index (χ3n) is 8.72. The van der Waals surface area contributed by atoms with Gasteiger partial charge in [-0.3, -0.25) is 22.8 Å². The van der Waals surface area contributed by atoms with Crippen LogP contribution in [0, 0.1) is 6.92 Å². The first-order valence-electron chi connectivity index (χ1n) is 17.8. The van der Waals surface area contributed by atoms with Gasteiger partial charge < -0.3 is 25.6 Å². The molecule has 0 fully saturated rings. The molecule has 31 nitrogen and oxygen atoms in total. The Morgan fingerprint density at radius 3 is 1.63 bits per heavy atom. The zero-order valence-corrected chi connectivity index (χ0v) is 40.9. The monoisotopic (exact) mass is 1140 g/mol. The molecule has 0 amide bonds. The van der Waals surface area contributed by atoms with E-state index in [1.165, 1.54) is 6.92 Å². The maximum absolute atomic E-state index is 13.0. The Morgan fingerprint density at radius 1 is 0.586 bits per heavy atom. The predicted molar refractivity (Wildman–Crippen MR) is 236 cm³/mol. The van der Waals surface area contributed by atoms with Crippen molar-refractivity contribution in [3.05, 3.63) is 53.3 Å². The van der Waals surface area contributed by atoms with E-state index in [-0.39, 0.29) is 23.1 Å². The number of aromatic nitrogens is 3. The number of rotatable bonds is 20. The van der Waals surface area contributed by atoms with Crippen molar-refractivity contribution in [2.24, 2.45) is 10.2 Å². The van der Waals surface area contributed by atoms with E-state index in [1.807, 2.05) is 0 Å². The van der Waals surface area contributed by atoms with Gasteiger partial charge in [-0.15, -0.1) is 10.2 Å². The summed E-state index contributed by atoms with van der Waals surface area (Å²) in [6, 6.07) is 4.55. The molecule has 0 aliphatic heterocycles. The van der Waals surface area contributed by atoms with Crippen LogP contribution in [0.3, 0.4) is 0 Å². The molecule has 70 heavy (non-hydrogen) atoms. The number of benzene rings is 4. The fourth-order valence-electron chi connectivity index (χ4n) is 5.82.